The van der Waals surface area contributed by atoms with E-state index in [1.807, 2.05) is 30.3 Å². The van der Waals surface area contributed by atoms with Crippen LogP contribution >= 0.6 is 0 Å². The molecule has 1 atom stereocenters. The van der Waals surface area contributed by atoms with Crippen LogP contribution in [0, 0.1) is 5.92 Å². The Kier molecular flexibility index (Phi) is 11.5. The molecule has 5 heteroatoms. The van der Waals surface area contributed by atoms with Crippen LogP contribution in [0.15, 0.2) is 78.9 Å². The van der Waals surface area contributed by atoms with E-state index in [1.54, 1.807) is 7.11 Å². The highest BCUT2D eigenvalue weighted by atomic mass is 16.7. The van der Waals surface area contributed by atoms with Gasteiger partial charge in [0, 0.05) is 13.7 Å². The SMILES string of the molecule is CC/C(=C(\c1ccc(OCOC)cc1)c1ccc(OCC(O)CNCC2CCCCC2)cc1)c1ccccc1. The number of allylic oxidation sites excluding steroid dienone is 1. The maximum atomic E-state index is 10.4. The number of methoxy groups -OCH3 is 1. The lowest BCUT2D eigenvalue weighted by atomic mass is 9.88. The van der Waals surface area contributed by atoms with Crippen molar-refractivity contribution in [1.82, 2.24) is 5.32 Å². The minimum atomic E-state index is -0.535. The molecule has 39 heavy (non-hydrogen) atoms. The third-order valence-corrected chi connectivity index (χ3v) is 7.39. The Balaban J connectivity index is 1.45. The van der Waals surface area contributed by atoms with Crippen molar-refractivity contribution < 1.29 is 19.3 Å². The molecule has 2 N–H and O–H groups in total. The smallest absolute Gasteiger partial charge is 0.188 e. The van der Waals surface area contributed by atoms with Gasteiger partial charge in [-0.15, -0.1) is 0 Å². The van der Waals surface area contributed by atoms with Crippen molar-refractivity contribution in [2.24, 2.45) is 5.92 Å². The Hall–Kier alpha value is -3.12. The zero-order chi connectivity index (χ0) is 27.3. The molecule has 3 aromatic carbocycles. The maximum Gasteiger partial charge on any atom is 0.188 e. The van der Waals surface area contributed by atoms with E-state index in [0.29, 0.717) is 6.54 Å². The second kappa shape index (κ2) is 15.5. The van der Waals surface area contributed by atoms with Crippen LogP contribution in [0.4, 0.5) is 0 Å². The highest BCUT2D eigenvalue weighted by Crippen LogP contribution is 2.35. The van der Waals surface area contributed by atoms with E-state index in [-0.39, 0.29) is 13.4 Å². The minimum Gasteiger partial charge on any atom is -0.491 e. The lowest BCUT2D eigenvalue weighted by Gasteiger charge is -2.22. The lowest BCUT2D eigenvalue weighted by Crippen LogP contribution is -2.34. The fourth-order valence-corrected chi connectivity index (χ4v) is 5.34. The summed E-state index contributed by atoms with van der Waals surface area (Å²) in [5.74, 6) is 2.28. The Morgan fingerprint density at radius 1 is 0.821 bits per heavy atom. The van der Waals surface area contributed by atoms with Crippen LogP contribution in [-0.4, -0.2) is 44.8 Å². The van der Waals surface area contributed by atoms with Gasteiger partial charge in [-0.2, -0.15) is 0 Å². The lowest BCUT2D eigenvalue weighted by molar-refractivity contribution is 0.0511. The van der Waals surface area contributed by atoms with Gasteiger partial charge in [-0.05, 0) is 83.8 Å². The van der Waals surface area contributed by atoms with Crippen molar-refractivity contribution in [2.45, 2.75) is 51.6 Å². The van der Waals surface area contributed by atoms with E-state index >= 15 is 0 Å². The summed E-state index contributed by atoms with van der Waals surface area (Å²) in [6.07, 6.45) is 7.00. The zero-order valence-corrected chi connectivity index (χ0v) is 23.4. The molecular weight excluding hydrogens is 486 g/mol. The fraction of sp³-hybridized carbons (Fsp3) is 0.412. The van der Waals surface area contributed by atoms with E-state index in [2.05, 4.69) is 60.8 Å². The molecule has 1 fully saturated rings. The van der Waals surface area contributed by atoms with E-state index in [0.717, 1.165) is 41.5 Å². The summed E-state index contributed by atoms with van der Waals surface area (Å²) in [5.41, 5.74) is 5.89. The van der Waals surface area contributed by atoms with Crippen molar-refractivity contribution in [1.29, 1.82) is 0 Å². The molecule has 3 aromatic rings. The first-order valence-corrected chi connectivity index (χ1v) is 14.3. The third-order valence-electron chi connectivity index (χ3n) is 7.39. The van der Waals surface area contributed by atoms with Crippen LogP contribution in [0.3, 0.4) is 0 Å². The van der Waals surface area contributed by atoms with Crippen molar-refractivity contribution >= 4 is 11.1 Å². The van der Waals surface area contributed by atoms with Crippen LogP contribution in [0.5, 0.6) is 11.5 Å². The van der Waals surface area contributed by atoms with E-state index in [9.17, 15) is 5.11 Å². The second-order valence-corrected chi connectivity index (χ2v) is 10.3. The maximum absolute atomic E-state index is 10.4. The molecule has 1 aliphatic carbocycles. The Labute approximate surface area is 233 Å². The number of hydrogen-bond donors (Lipinski definition) is 2. The van der Waals surface area contributed by atoms with Gasteiger partial charge in [0.05, 0.1) is 0 Å². The molecule has 1 saturated carbocycles. The van der Waals surface area contributed by atoms with E-state index in [4.69, 9.17) is 14.2 Å². The van der Waals surface area contributed by atoms with Gasteiger partial charge in [-0.1, -0.05) is 80.8 Å². The first-order valence-electron chi connectivity index (χ1n) is 14.3. The Bertz CT molecular complexity index is 1140. The predicted molar refractivity (Wildman–Crippen MR) is 159 cm³/mol. The molecular formula is C34H43NO4. The van der Waals surface area contributed by atoms with Gasteiger partial charge in [0.2, 0.25) is 0 Å². The molecule has 0 aromatic heterocycles. The van der Waals surface area contributed by atoms with Gasteiger partial charge < -0.3 is 24.6 Å². The molecule has 1 unspecified atom stereocenters. The van der Waals surface area contributed by atoms with Crippen LogP contribution < -0.4 is 14.8 Å². The summed E-state index contributed by atoms with van der Waals surface area (Å²) >= 11 is 0. The van der Waals surface area contributed by atoms with Crippen LogP contribution in [-0.2, 0) is 4.74 Å². The quantitative estimate of drug-likeness (QED) is 0.175. The van der Waals surface area contributed by atoms with Crippen molar-refractivity contribution in [3.8, 4) is 11.5 Å². The predicted octanol–water partition coefficient (Wildman–Crippen LogP) is 6.95. The highest BCUT2D eigenvalue weighted by molar-refractivity contribution is 5.98. The number of benzene rings is 3. The average Bonchev–Trinajstić information content (AvgIpc) is 2.99. The molecule has 0 aliphatic heterocycles. The highest BCUT2D eigenvalue weighted by Gasteiger charge is 2.15. The standard InChI is InChI=1S/C34H43NO4/c1-3-33(27-12-8-5-9-13-27)34(29-16-20-32(21-17-29)39-25-37-2)28-14-18-31(19-15-28)38-24-30(36)23-35-22-26-10-6-4-7-11-26/h5,8-9,12-21,26,30,35-36H,3-4,6-7,10-11,22-25H2,1-2H3/b34-33+. The molecule has 0 bridgehead atoms. The first-order chi connectivity index (χ1) is 19.2. The molecule has 1 aliphatic rings. The zero-order valence-electron chi connectivity index (χ0n) is 23.4. The summed E-state index contributed by atoms with van der Waals surface area (Å²) in [5, 5.41) is 13.9. The molecule has 4 rings (SSSR count). The van der Waals surface area contributed by atoms with Crippen molar-refractivity contribution in [2.75, 3.05) is 33.6 Å². The monoisotopic (exact) mass is 529 g/mol. The largest absolute Gasteiger partial charge is 0.491 e. The fourth-order valence-electron chi connectivity index (χ4n) is 5.34. The molecule has 0 saturated heterocycles. The number of nitrogens with one attached hydrogen (secondary N) is 1. The first kappa shape index (κ1) is 28.9. The third kappa shape index (κ3) is 8.69. The second-order valence-electron chi connectivity index (χ2n) is 10.3. The van der Waals surface area contributed by atoms with Gasteiger partial charge >= 0.3 is 0 Å². The number of aliphatic hydroxyl groups excluding tert-OH is 1. The van der Waals surface area contributed by atoms with Crippen LogP contribution in [0.2, 0.25) is 0 Å². The summed E-state index contributed by atoms with van der Waals surface area (Å²) in [7, 11) is 1.62. The van der Waals surface area contributed by atoms with E-state index < -0.39 is 6.10 Å². The van der Waals surface area contributed by atoms with E-state index in [1.165, 1.54) is 48.8 Å². The van der Waals surface area contributed by atoms with Crippen molar-refractivity contribution in [3.05, 3.63) is 95.6 Å². The summed E-state index contributed by atoms with van der Waals surface area (Å²) in [6.45, 7) is 4.23. The van der Waals surface area contributed by atoms with Gasteiger partial charge in [-0.25, -0.2) is 0 Å². The number of rotatable bonds is 14. The Morgan fingerprint density at radius 2 is 1.44 bits per heavy atom. The minimum absolute atomic E-state index is 0.221. The Morgan fingerprint density at radius 3 is 2.03 bits per heavy atom. The normalized spacial score (nSPS) is 15.5. The van der Waals surface area contributed by atoms with Crippen molar-refractivity contribution in [3.63, 3.8) is 0 Å². The van der Waals surface area contributed by atoms with Crippen LogP contribution in [0.1, 0.15) is 62.1 Å². The number of ether oxygens (including phenoxy) is 3. The topological polar surface area (TPSA) is 60.0 Å². The number of hydrogen-bond acceptors (Lipinski definition) is 5. The molecule has 0 amide bonds. The summed E-state index contributed by atoms with van der Waals surface area (Å²) in [6, 6.07) is 26.9. The molecule has 5 nitrogen and oxygen atoms in total. The van der Waals surface area contributed by atoms with Gasteiger partial charge in [-0.3, -0.25) is 0 Å². The molecule has 0 heterocycles. The van der Waals surface area contributed by atoms with Gasteiger partial charge in [0.15, 0.2) is 6.79 Å². The summed E-state index contributed by atoms with van der Waals surface area (Å²) in [4.78, 5) is 0. The number of aliphatic hydroxyl groups is 1. The average molecular weight is 530 g/mol. The summed E-state index contributed by atoms with van der Waals surface area (Å²) < 4.78 is 16.6. The van der Waals surface area contributed by atoms with Crippen LogP contribution in [0.25, 0.3) is 11.1 Å². The molecule has 0 radical (unpaired) electrons. The molecule has 0 spiro atoms. The van der Waals surface area contributed by atoms with Gasteiger partial charge in [0.1, 0.15) is 24.2 Å². The molecule has 208 valence electrons. The van der Waals surface area contributed by atoms with Gasteiger partial charge in [0.25, 0.3) is 0 Å².